The summed E-state index contributed by atoms with van der Waals surface area (Å²) in [5.74, 6) is -0.348. The number of thioether (sulfide) groups is 1. The van der Waals surface area contributed by atoms with Crippen molar-refractivity contribution in [2.24, 2.45) is 7.05 Å². The normalized spacial score (nSPS) is 10.9. The van der Waals surface area contributed by atoms with Crippen LogP contribution in [0.2, 0.25) is 0 Å². The van der Waals surface area contributed by atoms with E-state index in [1.807, 2.05) is 23.9 Å². The van der Waals surface area contributed by atoms with Crippen molar-refractivity contribution < 1.29 is 14.6 Å². The number of aryl methyl sites for hydroxylation is 1. The molecule has 1 N–H and O–H groups in total. The summed E-state index contributed by atoms with van der Waals surface area (Å²) in [5.41, 5.74) is 0.693. The number of ether oxygens (including phenoxy) is 1. The number of hydrogen-bond acceptors (Lipinski definition) is 6. The average Bonchev–Trinajstić information content (AvgIpc) is 2.99. The minimum atomic E-state index is -0.893. The van der Waals surface area contributed by atoms with E-state index in [4.69, 9.17) is 9.84 Å². The molecule has 8 nitrogen and oxygen atoms in total. The quantitative estimate of drug-likeness (QED) is 0.743. The van der Waals surface area contributed by atoms with E-state index in [2.05, 4.69) is 15.3 Å². The SMILES string of the molecule is COCCn1c(SCC(=O)O)nnc1-c1ccn(C)n1. The summed E-state index contributed by atoms with van der Waals surface area (Å²) in [6.07, 6.45) is 1.81. The molecule has 0 saturated heterocycles. The maximum Gasteiger partial charge on any atom is 0.313 e. The predicted molar refractivity (Wildman–Crippen MR) is 72.5 cm³/mol. The van der Waals surface area contributed by atoms with Crippen LogP contribution in [-0.2, 0) is 23.1 Å². The third-order valence-electron chi connectivity index (χ3n) is 2.50. The van der Waals surface area contributed by atoms with Crippen molar-refractivity contribution in [1.82, 2.24) is 24.5 Å². The zero-order chi connectivity index (χ0) is 14.5. The van der Waals surface area contributed by atoms with Gasteiger partial charge < -0.3 is 9.84 Å². The van der Waals surface area contributed by atoms with Gasteiger partial charge in [-0.2, -0.15) is 5.10 Å². The number of aliphatic carboxylic acids is 1. The largest absolute Gasteiger partial charge is 0.481 e. The van der Waals surface area contributed by atoms with Crippen molar-refractivity contribution in [3.05, 3.63) is 12.3 Å². The van der Waals surface area contributed by atoms with Crippen LogP contribution in [0, 0.1) is 0 Å². The lowest BCUT2D eigenvalue weighted by atomic mass is 10.4. The maximum atomic E-state index is 10.7. The summed E-state index contributed by atoms with van der Waals surface area (Å²) < 4.78 is 8.56. The maximum absolute atomic E-state index is 10.7. The molecule has 0 atom stereocenters. The van der Waals surface area contributed by atoms with Gasteiger partial charge in [0.05, 0.1) is 18.9 Å². The Morgan fingerprint density at radius 1 is 1.50 bits per heavy atom. The second kappa shape index (κ2) is 6.53. The van der Waals surface area contributed by atoms with Crippen molar-refractivity contribution >= 4 is 17.7 Å². The first-order chi connectivity index (χ1) is 9.61. The summed E-state index contributed by atoms with van der Waals surface area (Å²) in [6, 6.07) is 1.83. The van der Waals surface area contributed by atoms with E-state index in [0.717, 1.165) is 11.8 Å². The van der Waals surface area contributed by atoms with Crippen molar-refractivity contribution in [2.75, 3.05) is 19.5 Å². The lowest BCUT2D eigenvalue weighted by Gasteiger charge is -2.07. The fraction of sp³-hybridized carbons (Fsp3) is 0.455. The van der Waals surface area contributed by atoms with Crippen LogP contribution in [0.5, 0.6) is 0 Å². The Morgan fingerprint density at radius 3 is 2.90 bits per heavy atom. The molecular formula is C11H15N5O3S. The van der Waals surface area contributed by atoms with Gasteiger partial charge in [0.2, 0.25) is 0 Å². The first kappa shape index (κ1) is 14.5. The number of methoxy groups -OCH3 is 1. The van der Waals surface area contributed by atoms with Crippen molar-refractivity contribution in [3.8, 4) is 11.5 Å². The molecule has 0 radical (unpaired) electrons. The van der Waals surface area contributed by atoms with Gasteiger partial charge in [0.1, 0.15) is 5.69 Å². The van der Waals surface area contributed by atoms with Crippen molar-refractivity contribution in [2.45, 2.75) is 11.7 Å². The molecule has 0 aromatic carbocycles. The fourth-order valence-electron chi connectivity index (χ4n) is 1.63. The number of nitrogens with zero attached hydrogens (tertiary/aromatic N) is 5. The topological polar surface area (TPSA) is 95.1 Å². The van der Waals surface area contributed by atoms with Gasteiger partial charge in [-0.1, -0.05) is 11.8 Å². The molecule has 0 amide bonds. The van der Waals surface area contributed by atoms with Crippen LogP contribution in [0.15, 0.2) is 17.4 Å². The van der Waals surface area contributed by atoms with E-state index >= 15 is 0 Å². The van der Waals surface area contributed by atoms with Crippen LogP contribution in [0.25, 0.3) is 11.5 Å². The summed E-state index contributed by atoms with van der Waals surface area (Å²) in [6.45, 7) is 1.02. The number of carboxylic acids is 1. The number of aromatic nitrogens is 5. The number of rotatable bonds is 7. The average molecular weight is 297 g/mol. The van der Waals surface area contributed by atoms with E-state index in [1.165, 1.54) is 0 Å². The predicted octanol–water partition coefficient (Wildman–Crippen LogP) is 0.502. The molecule has 0 saturated carbocycles. The molecule has 20 heavy (non-hydrogen) atoms. The molecule has 0 fully saturated rings. The Hall–Kier alpha value is -1.87. The van der Waals surface area contributed by atoms with Gasteiger partial charge in [0.25, 0.3) is 0 Å². The van der Waals surface area contributed by atoms with E-state index in [0.29, 0.717) is 29.8 Å². The summed E-state index contributed by atoms with van der Waals surface area (Å²) >= 11 is 1.13. The van der Waals surface area contributed by atoms with Gasteiger partial charge >= 0.3 is 5.97 Å². The zero-order valence-corrected chi connectivity index (χ0v) is 12.0. The highest BCUT2D eigenvalue weighted by Crippen LogP contribution is 2.22. The standard InChI is InChI=1S/C11H15N5O3S/c1-15-4-3-8(14-15)10-12-13-11(20-7-9(17)18)16(10)5-6-19-2/h3-4H,5-7H2,1-2H3,(H,17,18). The van der Waals surface area contributed by atoms with Crippen LogP contribution >= 0.6 is 11.8 Å². The summed E-state index contributed by atoms with van der Waals surface area (Å²) in [5, 5.41) is 21.7. The molecule has 2 heterocycles. The third-order valence-corrected chi connectivity index (χ3v) is 3.45. The molecule has 2 aromatic heterocycles. The summed E-state index contributed by atoms with van der Waals surface area (Å²) in [4.78, 5) is 10.7. The van der Waals surface area contributed by atoms with Gasteiger partial charge in [-0.15, -0.1) is 10.2 Å². The molecule has 0 aliphatic heterocycles. The van der Waals surface area contributed by atoms with Crippen LogP contribution in [0.4, 0.5) is 0 Å². The second-order valence-corrected chi connectivity index (χ2v) is 4.95. The van der Waals surface area contributed by atoms with Gasteiger partial charge in [-0.25, -0.2) is 0 Å². The lowest BCUT2D eigenvalue weighted by Crippen LogP contribution is -2.09. The Balaban J connectivity index is 2.28. The number of carboxylic acid groups (broad SMARTS) is 1. The van der Waals surface area contributed by atoms with Gasteiger partial charge in [-0.05, 0) is 6.07 Å². The van der Waals surface area contributed by atoms with Gasteiger partial charge in [-0.3, -0.25) is 14.0 Å². The van der Waals surface area contributed by atoms with Crippen LogP contribution in [-0.4, -0.2) is 55.1 Å². The van der Waals surface area contributed by atoms with Gasteiger partial charge in [0.15, 0.2) is 11.0 Å². The third kappa shape index (κ3) is 3.36. The first-order valence-electron chi connectivity index (χ1n) is 5.88. The first-order valence-corrected chi connectivity index (χ1v) is 6.87. The van der Waals surface area contributed by atoms with Crippen LogP contribution < -0.4 is 0 Å². The highest BCUT2D eigenvalue weighted by molar-refractivity contribution is 7.99. The highest BCUT2D eigenvalue weighted by atomic mass is 32.2. The molecule has 0 aliphatic carbocycles. The Labute approximate surface area is 119 Å². The van der Waals surface area contributed by atoms with E-state index < -0.39 is 5.97 Å². The van der Waals surface area contributed by atoms with E-state index in [-0.39, 0.29) is 5.75 Å². The van der Waals surface area contributed by atoms with Crippen LogP contribution in [0.1, 0.15) is 0 Å². The smallest absolute Gasteiger partial charge is 0.313 e. The van der Waals surface area contributed by atoms with Crippen LogP contribution in [0.3, 0.4) is 0 Å². The minimum Gasteiger partial charge on any atom is -0.481 e. The lowest BCUT2D eigenvalue weighted by molar-refractivity contribution is -0.133. The van der Waals surface area contributed by atoms with Crippen molar-refractivity contribution in [1.29, 1.82) is 0 Å². The Morgan fingerprint density at radius 2 is 2.30 bits per heavy atom. The van der Waals surface area contributed by atoms with E-state index in [1.54, 1.807) is 11.8 Å². The molecule has 108 valence electrons. The van der Waals surface area contributed by atoms with Crippen molar-refractivity contribution in [3.63, 3.8) is 0 Å². The van der Waals surface area contributed by atoms with E-state index in [9.17, 15) is 4.79 Å². The molecule has 0 bridgehead atoms. The molecular weight excluding hydrogens is 282 g/mol. The van der Waals surface area contributed by atoms with Gasteiger partial charge in [0, 0.05) is 20.4 Å². The summed E-state index contributed by atoms with van der Waals surface area (Å²) in [7, 11) is 3.42. The fourth-order valence-corrected chi connectivity index (χ4v) is 2.31. The molecule has 0 unspecified atom stereocenters. The second-order valence-electron chi connectivity index (χ2n) is 4.01. The number of carbonyl (C=O) groups is 1. The highest BCUT2D eigenvalue weighted by Gasteiger charge is 2.16. The number of hydrogen-bond donors (Lipinski definition) is 1. The molecule has 2 rings (SSSR count). The Bertz CT molecular complexity index is 595. The minimum absolute atomic E-state index is 0.0622. The molecule has 2 aromatic rings. The molecule has 0 spiro atoms. The molecule has 0 aliphatic rings. The zero-order valence-electron chi connectivity index (χ0n) is 11.2. The monoisotopic (exact) mass is 297 g/mol. The Kier molecular flexibility index (Phi) is 4.74. The molecule has 9 heteroatoms.